The second-order valence-corrected chi connectivity index (χ2v) is 5.00. The fraction of sp³-hybridized carbons (Fsp3) is 0.538. The molecule has 1 aromatic carbocycles. The van der Waals surface area contributed by atoms with Crippen LogP contribution in [0, 0.1) is 11.7 Å². The minimum Gasteiger partial charge on any atom is -0.390 e. The molecule has 1 aromatic rings. The van der Waals surface area contributed by atoms with E-state index in [0.29, 0.717) is 6.42 Å². The maximum absolute atomic E-state index is 13.2. The lowest BCUT2D eigenvalue weighted by molar-refractivity contribution is 0.00513. The van der Waals surface area contributed by atoms with Crippen molar-refractivity contribution < 1.29 is 9.50 Å². The van der Waals surface area contributed by atoms with Gasteiger partial charge in [-0.1, -0.05) is 37.9 Å². The number of rotatable bonds is 4. The third-order valence-electron chi connectivity index (χ3n) is 3.22. The molecule has 0 aliphatic heterocycles. The number of halogens is 2. The average molecular weight is 245 g/mol. The van der Waals surface area contributed by atoms with E-state index in [9.17, 15) is 9.50 Å². The number of hydrogen-bond donors (Lipinski definition) is 1. The van der Waals surface area contributed by atoms with E-state index in [2.05, 4.69) is 0 Å². The Morgan fingerprint density at radius 2 is 2.12 bits per heavy atom. The molecule has 0 saturated carbocycles. The lowest BCUT2D eigenvalue weighted by atomic mass is 9.83. The van der Waals surface area contributed by atoms with Crippen molar-refractivity contribution >= 4 is 11.6 Å². The highest BCUT2D eigenvalue weighted by atomic mass is 35.5. The van der Waals surface area contributed by atoms with E-state index in [1.54, 1.807) is 13.0 Å². The van der Waals surface area contributed by atoms with Crippen molar-refractivity contribution in [3.63, 3.8) is 0 Å². The first-order valence-electron chi connectivity index (χ1n) is 5.53. The van der Waals surface area contributed by atoms with Gasteiger partial charge in [0.1, 0.15) is 5.82 Å². The highest BCUT2D eigenvalue weighted by Crippen LogP contribution is 2.26. The van der Waals surface area contributed by atoms with Crippen molar-refractivity contribution in [2.75, 3.05) is 0 Å². The first-order valence-corrected chi connectivity index (χ1v) is 5.91. The van der Waals surface area contributed by atoms with Gasteiger partial charge in [0.05, 0.1) is 10.6 Å². The molecule has 90 valence electrons. The summed E-state index contributed by atoms with van der Waals surface area (Å²) < 4.78 is 13.2. The molecule has 0 fully saturated rings. The molecular weight excluding hydrogens is 227 g/mol. The van der Waals surface area contributed by atoms with Crippen LogP contribution in [0.25, 0.3) is 0 Å². The van der Waals surface area contributed by atoms with Gasteiger partial charge in [0, 0.05) is 6.42 Å². The molecule has 1 rings (SSSR count). The molecule has 2 atom stereocenters. The summed E-state index contributed by atoms with van der Waals surface area (Å²) in [5.41, 5.74) is -0.0399. The van der Waals surface area contributed by atoms with E-state index in [-0.39, 0.29) is 10.9 Å². The molecule has 0 aromatic heterocycles. The summed E-state index contributed by atoms with van der Waals surface area (Å²) >= 11 is 5.60. The Balaban J connectivity index is 2.84. The summed E-state index contributed by atoms with van der Waals surface area (Å²) in [4.78, 5) is 0. The van der Waals surface area contributed by atoms with E-state index >= 15 is 0 Å². The number of benzene rings is 1. The molecule has 1 N–H and O–H groups in total. The number of hydrogen-bond acceptors (Lipinski definition) is 1. The van der Waals surface area contributed by atoms with Gasteiger partial charge in [0.25, 0.3) is 0 Å². The normalized spacial score (nSPS) is 16.9. The van der Waals surface area contributed by atoms with Crippen LogP contribution in [0.4, 0.5) is 4.39 Å². The minimum atomic E-state index is -0.810. The Bertz CT molecular complexity index is 363. The Morgan fingerprint density at radius 1 is 1.50 bits per heavy atom. The monoisotopic (exact) mass is 244 g/mol. The van der Waals surface area contributed by atoms with Gasteiger partial charge in [0.15, 0.2) is 0 Å². The molecule has 3 heteroatoms. The summed E-state index contributed by atoms with van der Waals surface area (Å²) in [6, 6.07) is 4.67. The molecule has 0 bridgehead atoms. The SMILES string of the molecule is CCC(C)C(C)(O)Cc1ccc(Cl)c(F)c1. The third kappa shape index (κ3) is 3.19. The molecule has 1 nitrogen and oxygen atoms in total. The van der Waals surface area contributed by atoms with Crippen LogP contribution < -0.4 is 0 Å². The van der Waals surface area contributed by atoms with Crippen LogP contribution in [0.15, 0.2) is 18.2 Å². The highest BCUT2D eigenvalue weighted by molar-refractivity contribution is 6.30. The maximum atomic E-state index is 13.2. The van der Waals surface area contributed by atoms with Gasteiger partial charge in [-0.25, -0.2) is 4.39 Å². The topological polar surface area (TPSA) is 20.2 Å². The van der Waals surface area contributed by atoms with Gasteiger partial charge in [-0.15, -0.1) is 0 Å². The van der Waals surface area contributed by atoms with Crippen LogP contribution in [0.2, 0.25) is 5.02 Å². The van der Waals surface area contributed by atoms with Crippen molar-refractivity contribution in [2.24, 2.45) is 5.92 Å². The fourth-order valence-electron chi connectivity index (χ4n) is 1.68. The van der Waals surface area contributed by atoms with Gasteiger partial charge < -0.3 is 5.11 Å². The van der Waals surface area contributed by atoms with E-state index in [4.69, 9.17) is 11.6 Å². The smallest absolute Gasteiger partial charge is 0.142 e. The molecule has 0 aliphatic rings. The molecule has 0 radical (unpaired) electrons. The largest absolute Gasteiger partial charge is 0.390 e. The van der Waals surface area contributed by atoms with Crippen molar-refractivity contribution in [2.45, 2.75) is 39.2 Å². The lowest BCUT2D eigenvalue weighted by Crippen LogP contribution is -2.34. The van der Waals surface area contributed by atoms with Crippen LogP contribution in [0.1, 0.15) is 32.8 Å². The summed E-state index contributed by atoms with van der Waals surface area (Å²) in [5.74, 6) is -0.259. The van der Waals surface area contributed by atoms with E-state index in [1.807, 2.05) is 13.8 Å². The van der Waals surface area contributed by atoms with Crippen molar-refractivity contribution in [1.29, 1.82) is 0 Å². The van der Waals surface area contributed by atoms with Crippen LogP contribution in [-0.4, -0.2) is 10.7 Å². The molecule has 0 spiro atoms. The Morgan fingerprint density at radius 3 is 2.62 bits per heavy atom. The fourth-order valence-corrected chi connectivity index (χ4v) is 1.79. The van der Waals surface area contributed by atoms with Crippen LogP contribution in [-0.2, 0) is 6.42 Å². The van der Waals surface area contributed by atoms with Crippen LogP contribution in [0.5, 0.6) is 0 Å². The van der Waals surface area contributed by atoms with E-state index < -0.39 is 11.4 Å². The van der Waals surface area contributed by atoms with Crippen molar-refractivity contribution in [3.8, 4) is 0 Å². The second-order valence-electron chi connectivity index (χ2n) is 4.59. The van der Waals surface area contributed by atoms with Crippen LogP contribution >= 0.6 is 11.6 Å². The second kappa shape index (κ2) is 5.15. The Kier molecular flexibility index (Phi) is 4.34. The maximum Gasteiger partial charge on any atom is 0.142 e. The zero-order chi connectivity index (χ0) is 12.3. The first kappa shape index (κ1) is 13.5. The Labute approximate surface area is 101 Å². The molecule has 2 unspecified atom stereocenters. The van der Waals surface area contributed by atoms with Gasteiger partial charge in [-0.2, -0.15) is 0 Å². The standard InChI is InChI=1S/C13H18ClFO/c1-4-9(2)13(3,16)8-10-5-6-11(14)12(15)7-10/h5-7,9,16H,4,8H2,1-3H3. The highest BCUT2D eigenvalue weighted by Gasteiger charge is 2.27. The first-order chi connectivity index (χ1) is 7.36. The quantitative estimate of drug-likeness (QED) is 0.854. The third-order valence-corrected chi connectivity index (χ3v) is 3.53. The van der Waals surface area contributed by atoms with Gasteiger partial charge >= 0.3 is 0 Å². The predicted octanol–water partition coefficient (Wildman–Crippen LogP) is 3.82. The summed E-state index contributed by atoms with van der Waals surface area (Å²) in [6.45, 7) is 5.81. The van der Waals surface area contributed by atoms with Crippen molar-refractivity contribution in [3.05, 3.63) is 34.6 Å². The molecule has 0 aliphatic carbocycles. The van der Waals surface area contributed by atoms with E-state index in [0.717, 1.165) is 12.0 Å². The zero-order valence-corrected chi connectivity index (χ0v) is 10.7. The minimum absolute atomic E-state index is 0.118. The summed E-state index contributed by atoms with van der Waals surface area (Å²) in [7, 11) is 0. The summed E-state index contributed by atoms with van der Waals surface area (Å²) in [5, 5.41) is 10.4. The van der Waals surface area contributed by atoms with Gasteiger partial charge in [-0.05, 0) is 30.5 Å². The van der Waals surface area contributed by atoms with Gasteiger partial charge in [0.2, 0.25) is 0 Å². The van der Waals surface area contributed by atoms with E-state index in [1.165, 1.54) is 12.1 Å². The Hall–Kier alpha value is -0.600. The van der Waals surface area contributed by atoms with Gasteiger partial charge in [-0.3, -0.25) is 0 Å². The van der Waals surface area contributed by atoms with Crippen molar-refractivity contribution in [1.82, 2.24) is 0 Å². The summed E-state index contributed by atoms with van der Waals surface area (Å²) in [6.07, 6.45) is 1.33. The van der Waals surface area contributed by atoms with Crippen LogP contribution in [0.3, 0.4) is 0 Å². The zero-order valence-electron chi connectivity index (χ0n) is 9.93. The lowest BCUT2D eigenvalue weighted by Gasteiger charge is -2.29. The molecule has 16 heavy (non-hydrogen) atoms. The average Bonchev–Trinajstić information content (AvgIpc) is 2.22. The molecule has 0 saturated heterocycles. The molecule has 0 heterocycles. The molecule has 0 amide bonds. The number of aliphatic hydroxyl groups is 1. The predicted molar refractivity (Wildman–Crippen MR) is 65.2 cm³/mol. The molecular formula is C13H18ClFO.